The average molecular weight is 450 g/mol. The predicted molar refractivity (Wildman–Crippen MR) is 124 cm³/mol. The SMILES string of the molecule is Cl.[Co].c1ccc(C[PH](c2ccccc2)(c2ccccc2)c2ccccc2)cc1. The molecule has 0 spiro atoms. The Balaban J connectivity index is 0.00000140. The van der Waals surface area contributed by atoms with E-state index in [1.807, 2.05) is 0 Å². The molecule has 0 atom stereocenters. The van der Waals surface area contributed by atoms with Crippen LogP contribution in [-0.2, 0) is 22.9 Å². The maximum atomic E-state index is 2.31. The fraction of sp³-hybridized carbons (Fsp3) is 0.0400. The van der Waals surface area contributed by atoms with Gasteiger partial charge in [0.15, 0.2) is 0 Å². The van der Waals surface area contributed by atoms with Gasteiger partial charge < -0.3 is 0 Å². The number of hydrogen-bond donors (Lipinski definition) is 0. The van der Waals surface area contributed by atoms with E-state index in [1.165, 1.54) is 21.5 Å². The first-order valence-electron chi connectivity index (χ1n) is 9.10. The second-order valence-corrected chi connectivity index (χ2v) is 10.6. The zero-order chi connectivity index (χ0) is 17.7. The Morgan fingerprint density at radius 1 is 0.429 bits per heavy atom. The molecule has 1 radical (unpaired) electrons. The van der Waals surface area contributed by atoms with Crippen molar-refractivity contribution in [1.29, 1.82) is 0 Å². The summed E-state index contributed by atoms with van der Waals surface area (Å²) < 4.78 is 0. The molecule has 0 amide bonds. The van der Waals surface area contributed by atoms with Crippen LogP contribution in [0.1, 0.15) is 5.56 Å². The van der Waals surface area contributed by atoms with Gasteiger partial charge in [-0.25, -0.2) is 0 Å². The van der Waals surface area contributed by atoms with E-state index < -0.39 is 7.26 Å². The van der Waals surface area contributed by atoms with Crippen molar-refractivity contribution in [3.63, 3.8) is 0 Å². The molecule has 0 saturated heterocycles. The van der Waals surface area contributed by atoms with Crippen molar-refractivity contribution in [2.45, 2.75) is 6.16 Å². The molecule has 0 aliphatic heterocycles. The molecule has 0 saturated carbocycles. The van der Waals surface area contributed by atoms with Crippen LogP contribution < -0.4 is 15.9 Å². The minimum absolute atomic E-state index is 0. The zero-order valence-corrected chi connectivity index (χ0v) is 18.4. The van der Waals surface area contributed by atoms with E-state index in [4.69, 9.17) is 0 Å². The third kappa shape index (κ3) is 4.56. The quantitative estimate of drug-likeness (QED) is 0.361. The van der Waals surface area contributed by atoms with E-state index in [0.29, 0.717) is 0 Å². The van der Waals surface area contributed by atoms with Gasteiger partial charge >= 0.3 is 156 Å². The fourth-order valence-electron chi connectivity index (χ4n) is 3.88. The monoisotopic (exact) mass is 449 g/mol. The van der Waals surface area contributed by atoms with E-state index in [1.54, 1.807) is 0 Å². The molecule has 145 valence electrons. The van der Waals surface area contributed by atoms with Crippen LogP contribution in [0, 0.1) is 0 Å². The molecule has 3 heteroatoms. The summed E-state index contributed by atoms with van der Waals surface area (Å²) in [6.45, 7) is 0. The van der Waals surface area contributed by atoms with Crippen LogP contribution in [0.3, 0.4) is 0 Å². The third-order valence-corrected chi connectivity index (χ3v) is 10.0. The zero-order valence-electron chi connectivity index (χ0n) is 15.5. The van der Waals surface area contributed by atoms with Crippen molar-refractivity contribution in [3.05, 3.63) is 127 Å². The summed E-state index contributed by atoms with van der Waals surface area (Å²) in [6, 6.07) is 44.2. The van der Waals surface area contributed by atoms with E-state index in [-0.39, 0.29) is 29.2 Å². The second-order valence-electron chi connectivity index (χ2n) is 6.67. The molecule has 4 rings (SSSR count). The molecule has 0 aliphatic rings. The summed E-state index contributed by atoms with van der Waals surface area (Å²) >= 11 is 0. The van der Waals surface area contributed by atoms with Gasteiger partial charge in [0.2, 0.25) is 0 Å². The molecule has 0 fully saturated rings. The summed E-state index contributed by atoms with van der Waals surface area (Å²) in [4.78, 5) is 0. The van der Waals surface area contributed by atoms with Crippen molar-refractivity contribution in [2.75, 3.05) is 0 Å². The topological polar surface area (TPSA) is 0 Å². The molecule has 0 unspecified atom stereocenters. The van der Waals surface area contributed by atoms with Gasteiger partial charge in [-0.2, -0.15) is 0 Å². The Bertz CT molecular complexity index is 848. The van der Waals surface area contributed by atoms with Gasteiger partial charge in [0.05, 0.1) is 0 Å². The van der Waals surface area contributed by atoms with Crippen LogP contribution in [0.25, 0.3) is 0 Å². The van der Waals surface area contributed by atoms with Crippen LogP contribution in [0.5, 0.6) is 0 Å². The summed E-state index contributed by atoms with van der Waals surface area (Å²) in [7, 11) is -2.16. The van der Waals surface area contributed by atoms with Gasteiger partial charge in [-0.05, 0) is 0 Å². The van der Waals surface area contributed by atoms with Crippen molar-refractivity contribution in [2.24, 2.45) is 0 Å². The van der Waals surface area contributed by atoms with Crippen molar-refractivity contribution >= 4 is 35.6 Å². The normalized spacial score (nSPS) is 11.0. The van der Waals surface area contributed by atoms with Crippen LogP contribution in [-0.4, -0.2) is 0 Å². The minimum atomic E-state index is -2.16. The number of halogens is 1. The molecule has 28 heavy (non-hydrogen) atoms. The standard InChI is InChI=1S/C25H23P.ClH.Co/c1-5-13-22(14-6-1)21-26(23-15-7-2-8-16-23,24-17-9-3-10-18-24)25-19-11-4-12-20-25;;/h1-20,26H,21H2;1H;. The van der Waals surface area contributed by atoms with Crippen molar-refractivity contribution < 1.29 is 16.8 Å². The Morgan fingerprint density at radius 2 is 0.714 bits per heavy atom. The van der Waals surface area contributed by atoms with E-state index in [9.17, 15) is 0 Å². The summed E-state index contributed by atoms with van der Waals surface area (Å²) in [5.41, 5.74) is 1.40. The van der Waals surface area contributed by atoms with E-state index >= 15 is 0 Å². The van der Waals surface area contributed by atoms with Gasteiger partial charge in [0.25, 0.3) is 0 Å². The Morgan fingerprint density at radius 3 is 1.04 bits per heavy atom. The maximum absolute atomic E-state index is 2.31. The van der Waals surface area contributed by atoms with Crippen LogP contribution in [0.4, 0.5) is 0 Å². The van der Waals surface area contributed by atoms with Gasteiger partial charge in [-0.15, -0.1) is 12.4 Å². The first kappa shape index (κ1) is 22.4. The molecule has 0 nitrogen and oxygen atoms in total. The molecule has 0 N–H and O–H groups in total. The Hall–Kier alpha value is -1.89. The molecular formula is C25H24ClCoP. The number of rotatable bonds is 5. The number of hydrogen-bond acceptors (Lipinski definition) is 0. The average Bonchev–Trinajstić information content (AvgIpc) is 2.75. The third-order valence-electron chi connectivity index (χ3n) is 5.11. The van der Waals surface area contributed by atoms with Gasteiger partial charge in [-0.1, -0.05) is 0 Å². The first-order valence-corrected chi connectivity index (χ1v) is 11.3. The molecule has 4 aromatic rings. The van der Waals surface area contributed by atoms with Gasteiger partial charge in [0, 0.05) is 16.8 Å². The molecule has 0 heterocycles. The molecule has 4 aromatic carbocycles. The van der Waals surface area contributed by atoms with Gasteiger partial charge in [-0.3, -0.25) is 0 Å². The predicted octanol–water partition coefficient (Wildman–Crippen LogP) is 5.33. The first-order chi connectivity index (χ1) is 12.9. The molecular weight excluding hydrogens is 426 g/mol. The second kappa shape index (κ2) is 10.6. The molecule has 0 aromatic heterocycles. The number of benzene rings is 4. The fourth-order valence-corrected chi connectivity index (χ4v) is 8.62. The summed E-state index contributed by atoms with van der Waals surface area (Å²) in [5.74, 6) is 0. The Labute approximate surface area is 185 Å². The Kier molecular flexibility index (Phi) is 8.48. The van der Waals surface area contributed by atoms with Crippen LogP contribution in [0.15, 0.2) is 121 Å². The van der Waals surface area contributed by atoms with E-state index in [0.717, 1.165) is 6.16 Å². The summed E-state index contributed by atoms with van der Waals surface area (Å²) in [5, 5.41) is 4.38. The van der Waals surface area contributed by atoms with Crippen molar-refractivity contribution in [3.8, 4) is 0 Å². The van der Waals surface area contributed by atoms with Crippen LogP contribution in [0.2, 0.25) is 0 Å². The van der Waals surface area contributed by atoms with Crippen LogP contribution >= 0.6 is 19.7 Å². The van der Waals surface area contributed by atoms with Crippen molar-refractivity contribution in [1.82, 2.24) is 0 Å². The van der Waals surface area contributed by atoms with E-state index in [2.05, 4.69) is 121 Å². The summed E-state index contributed by atoms with van der Waals surface area (Å²) in [6.07, 6.45) is 1.06. The van der Waals surface area contributed by atoms with Gasteiger partial charge in [0.1, 0.15) is 0 Å². The molecule has 0 aliphatic carbocycles. The molecule has 0 bridgehead atoms.